The first-order chi connectivity index (χ1) is 14.7. The van der Waals surface area contributed by atoms with Crippen molar-refractivity contribution in [2.75, 3.05) is 13.1 Å². The van der Waals surface area contributed by atoms with Crippen molar-refractivity contribution in [3.05, 3.63) is 80.2 Å². The average Bonchev–Trinajstić information content (AvgIpc) is 3.56. The monoisotopic (exact) mass is 435 g/mol. The van der Waals surface area contributed by atoms with Crippen LogP contribution in [0.1, 0.15) is 50.5 Å². The summed E-state index contributed by atoms with van der Waals surface area (Å²) in [6.07, 6.45) is 3.78. The molecule has 0 N–H and O–H groups in total. The van der Waals surface area contributed by atoms with Crippen molar-refractivity contribution in [3.8, 4) is 0 Å². The molecular weight excluding hydrogens is 414 g/mol. The number of carbonyl (C=O) groups is 2. The molecule has 5 nitrogen and oxygen atoms in total. The van der Waals surface area contributed by atoms with Crippen LogP contribution in [0.15, 0.2) is 64.4 Å². The lowest BCUT2D eigenvalue weighted by Crippen LogP contribution is -2.45. The van der Waals surface area contributed by atoms with Crippen molar-refractivity contribution in [2.45, 2.75) is 24.8 Å². The SMILES string of the molecule is O=C([C@@H]1c2ccccc2C(=O)N(/N=C/c2cccs2)[C@H]1c1cccs1)N1CCCC1. The predicted molar refractivity (Wildman–Crippen MR) is 120 cm³/mol. The Kier molecular flexibility index (Phi) is 5.23. The molecule has 0 aliphatic carbocycles. The minimum absolute atomic E-state index is 0.0853. The van der Waals surface area contributed by atoms with Crippen LogP contribution in [0.4, 0.5) is 0 Å². The molecule has 0 spiro atoms. The van der Waals surface area contributed by atoms with Crippen LogP contribution in [0.25, 0.3) is 0 Å². The highest BCUT2D eigenvalue weighted by molar-refractivity contribution is 7.11. The highest BCUT2D eigenvalue weighted by Gasteiger charge is 2.46. The second-order valence-corrected chi connectivity index (χ2v) is 9.43. The number of carbonyl (C=O) groups excluding carboxylic acids is 2. The van der Waals surface area contributed by atoms with E-state index < -0.39 is 12.0 Å². The fourth-order valence-corrected chi connectivity index (χ4v) is 5.70. The smallest absolute Gasteiger partial charge is 0.274 e. The van der Waals surface area contributed by atoms with Gasteiger partial charge in [0, 0.05) is 28.4 Å². The number of benzene rings is 1. The van der Waals surface area contributed by atoms with Gasteiger partial charge in [0.15, 0.2) is 0 Å². The molecule has 2 aromatic heterocycles. The minimum Gasteiger partial charge on any atom is -0.342 e. The van der Waals surface area contributed by atoms with Gasteiger partial charge >= 0.3 is 0 Å². The molecule has 2 atom stereocenters. The summed E-state index contributed by atoms with van der Waals surface area (Å²) < 4.78 is 0. The average molecular weight is 436 g/mol. The summed E-state index contributed by atoms with van der Waals surface area (Å²) in [4.78, 5) is 31.0. The zero-order valence-electron chi connectivity index (χ0n) is 16.3. The van der Waals surface area contributed by atoms with E-state index in [2.05, 4.69) is 5.10 Å². The third kappa shape index (κ3) is 3.38. The van der Waals surface area contributed by atoms with Gasteiger partial charge in [0.25, 0.3) is 5.91 Å². The first kappa shape index (κ1) is 19.2. The van der Waals surface area contributed by atoms with Crippen LogP contribution in [-0.2, 0) is 4.79 Å². The van der Waals surface area contributed by atoms with Crippen molar-refractivity contribution in [1.82, 2.24) is 9.91 Å². The van der Waals surface area contributed by atoms with E-state index in [9.17, 15) is 9.59 Å². The van der Waals surface area contributed by atoms with Crippen molar-refractivity contribution < 1.29 is 9.59 Å². The molecule has 30 heavy (non-hydrogen) atoms. The number of rotatable bonds is 4. The molecule has 7 heteroatoms. The number of thiophene rings is 2. The molecule has 3 aromatic rings. The number of amides is 2. The molecule has 2 amide bonds. The molecule has 4 heterocycles. The summed E-state index contributed by atoms with van der Waals surface area (Å²) >= 11 is 3.13. The Hall–Kier alpha value is -2.77. The van der Waals surface area contributed by atoms with Crippen molar-refractivity contribution in [3.63, 3.8) is 0 Å². The van der Waals surface area contributed by atoms with E-state index in [0.717, 1.165) is 41.2 Å². The first-order valence-electron chi connectivity index (χ1n) is 10.1. The lowest BCUT2D eigenvalue weighted by molar-refractivity contribution is -0.133. The van der Waals surface area contributed by atoms with Gasteiger partial charge in [-0.3, -0.25) is 9.59 Å². The van der Waals surface area contributed by atoms with Crippen LogP contribution < -0.4 is 0 Å². The lowest BCUT2D eigenvalue weighted by atomic mass is 9.82. The predicted octanol–water partition coefficient (Wildman–Crippen LogP) is 4.75. The van der Waals surface area contributed by atoms with E-state index in [1.807, 2.05) is 58.1 Å². The minimum atomic E-state index is -0.462. The van der Waals surface area contributed by atoms with Gasteiger partial charge in [0.1, 0.15) is 6.04 Å². The molecule has 1 aromatic carbocycles. The second-order valence-electron chi connectivity index (χ2n) is 7.47. The molecule has 1 fully saturated rings. The number of nitrogens with zero attached hydrogens (tertiary/aromatic N) is 3. The molecule has 5 rings (SSSR count). The third-order valence-electron chi connectivity index (χ3n) is 5.68. The molecule has 0 unspecified atom stereocenters. The van der Waals surface area contributed by atoms with E-state index >= 15 is 0 Å². The Bertz CT molecular complexity index is 1070. The highest BCUT2D eigenvalue weighted by atomic mass is 32.1. The number of hydrogen-bond donors (Lipinski definition) is 0. The fourth-order valence-electron chi connectivity index (χ4n) is 4.28. The van der Waals surface area contributed by atoms with E-state index in [0.29, 0.717) is 5.56 Å². The zero-order valence-corrected chi connectivity index (χ0v) is 17.9. The van der Waals surface area contributed by atoms with Gasteiger partial charge in [0.2, 0.25) is 5.91 Å². The molecule has 2 aliphatic rings. The highest BCUT2D eigenvalue weighted by Crippen LogP contribution is 2.45. The summed E-state index contributed by atoms with van der Waals surface area (Å²) in [6, 6.07) is 14.9. The van der Waals surface area contributed by atoms with Gasteiger partial charge in [-0.1, -0.05) is 30.3 Å². The van der Waals surface area contributed by atoms with Crippen LogP contribution in [0.2, 0.25) is 0 Å². The summed E-state index contributed by atoms with van der Waals surface area (Å²) in [5.41, 5.74) is 1.37. The Morgan fingerprint density at radius 3 is 2.50 bits per heavy atom. The Morgan fingerprint density at radius 1 is 1.00 bits per heavy atom. The van der Waals surface area contributed by atoms with E-state index in [1.54, 1.807) is 35.0 Å². The molecule has 2 aliphatic heterocycles. The molecule has 1 saturated heterocycles. The Morgan fingerprint density at radius 2 is 1.77 bits per heavy atom. The molecular formula is C23H21N3O2S2. The van der Waals surface area contributed by atoms with E-state index in [1.165, 1.54) is 5.01 Å². The second kappa shape index (κ2) is 8.16. The van der Waals surface area contributed by atoms with Gasteiger partial charge in [0.05, 0.1) is 12.1 Å². The maximum absolute atomic E-state index is 13.7. The summed E-state index contributed by atoms with van der Waals surface area (Å²) in [5, 5.41) is 10.1. The number of hydrogen-bond acceptors (Lipinski definition) is 5. The van der Waals surface area contributed by atoms with E-state index in [4.69, 9.17) is 0 Å². The van der Waals surface area contributed by atoms with Gasteiger partial charge in [-0.25, -0.2) is 5.01 Å². The Labute approximate surface area is 183 Å². The van der Waals surface area contributed by atoms with Crippen LogP contribution >= 0.6 is 22.7 Å². The van der Waals surface area contributed by atoms with Crippen LogP contribution in [0, 0.1) is 0 Å². The van der Waals surface area contributed by atoms with Crippen LogP contribution in [0.5, 0.6) is 0 Å². The standard InChI is InChI=1S/C23H21N3O2S2/c27-22-18-9-2-1-8-17(18)20(23(28)25-11-3-4-12-25)21(19-10-6-14-30-19)26(22)24-15-16-7-5-13-29-16/h1-2,5-10,13-15,20-21H,3-4,11-12H2/b24-15+/t20-,21+/m1/s1. The fraction of sp³-hybridized carbons (Fsp3) is 0.261. The van der Waals surface area contributed by atoms with Crippen LogP contribution in [0.3, 0.4) is 0 Å². The summed E-state index contributed by atoms with van der Waals surface area (Å²) in [6.45, 7) is 1.56. The van der Waals surface area contributed by atoms with Crippen molar-refractivity contribution in [2.24, 2.45) is 5.10 Å². The lowest BCUT2D eigenvalue weighted by Gasteiger charge is -2.39. The largest absolute Gasteiger partial charge is 0.342 e. The van der Waals surface area contributed by atoms with Crippen molar-refractivity contribution in [1.29, 1.82) is 0 Å². The van der Waals surface area contributed by atoms with Gasteiger partial charge in [-0.2, -0.15) is 5.10 Å². The van der Waals surface area contributed by atoms with Crippen molar-refractivity contribution >= 4 is 40.7 Å². The normalized spacial score (nSPS) is 21.4. The number of hydrazone groups is 1. The number of likely N-dealkylation sites (tertiary alicyclic amines) is 1. The Balaban J connectivity index is 1.64. The van der Waals surface area contributed by atoms with Gasteiger partial charge in [-0.15, -0.1) is 22.7 Å². The quantitative estimate of drug-likeness (QED) is 0.556. The molecule has 0 radical (unpaired) electrons. The molecule has 0 saturated carbocycles. The van der Waals surface area contributed by atoms with Crippen LogP contribution in [-0.4, -0.2) is 41.0 Å². The molecule has 0 bridgehead atoms. The summed E-state index contributed by atoms with van der Waals surface area (Å²) in [7, 11) is 0. The first-order valence-corrected chi connectivity index (χ1v) is 11.8. The van der Waals surface area contributed by atoms with Gasteiger partial charge < -0.3 is 4.90 Å². The summed E-state index contributed by atoms with van der Waals surface area (Å²) in [5.74, 6) is -0.541. The maximum atomic E-state index is 13.7. The third-order valence-corrected chi connectivity index (χ3v) is 7.43. The van der Waals surface area contributed by atoms with Gasteiger partial charge in [-0.05, 0) is 47.4 Å². The van der Waals surface area contributed by atoms with E-state index in [-0.39, 0.29) is 11.8 Å². The maximum Gasteiger partial charge on any atom is 0.274 e. The molecule has 152 valence electrons. The zero-order chi connectivity index (χ0) is 20.5. The number of fused-ring (bicyclic) bond motifs is 1. The topological polar surface area (TPSA) is 53.0 Å².